The summed E-state index contributed by atoms with van der Waals surface area (Å²) in [6.07, 6.45) is 6.88. The van der Waals surface area contributed by atoms with Crippen LogP contribution in [0.2, 0.25) is 0 Å². The molecule has 0 radical (unpaired) electrons. The molecule has 0 unspecified atom stereocenters. The minimum Gasteiger partial charge on any atom is -0.377 e. The molecule has 2 aliphatic carbocycles. The molecule has 142 valence electrons. The summed E-state index contributed by atoms with van der Waals surface area (Å²) in [5.74, 6) is 1.70. The van der Waals surface area contributed by atoms with Crippen LogP contribution >= 0.6 is 0 Å². The van der Waals surface area contributed by atoms with Gasteiger partial charge in [-0.1, -0.05) is 25.7 Å². The van der Waals surface area contributed by atoms with Crippen molar-refractivity contribution in [1.29, 1.82) is 0 Å². The van der Waals surface area contributed by atoms with E-state index < -0.39 is 0 Å². The summed E-state index contributed by atoms with van der Waals surface area (Å²) < 4.78 is 7.54. The third kappa shape index (κ3) is 3.20. The van der Waals surface area contributed by atoms with Gasteiger partial charge in [-0.2, -0.15) is 4.98 Å². The fraction of sp³-hybridized carbons (Fsp3) is 0.750. The lowest BCUT2D eigenvalue weighted by Gasteiger charge is -2.50. The van der Waals surface area contributed by atoms with Gasteiger partial charge in [0.05, 0.1) is 6.10 Å². The third-order valence-corrected chi connectivity index (χ3v) is 6.62. The number of aryl methyl sites for hydroxylation is 2. The van der Waals surface area contributed by atoms with Gasteiger partial charge in [-0.05, 0) is 32.3 Å². The number of nitrogens with zero attached hydrogens (tertiary/aromatic N) is 2. The fourth-order valence-electron chi connectivity index (χ4n) is 5.38. The van der Waals surface area contributed by atoms with Crippen LogP contribution in [0.5, 0.6) is 0 Å². The van der Waals surface area contributed by atoms with E-state index in [2.05, 4.69) is 10.3 Å². The molecule has 1 amide bonds. The van der Waals surface area contributed by atoms with Crippen molar-refractivity contribution in [2.75, 3.05) is 6.61 Å². The Hall–Kier alpha value is -1.69. The van der Waals surface area contributed by atoms with Crippen LogP contribution in [-0.4, -0.2) is 34.2 Å². The second kappa shape index (κ2) is 7.14. The second-order valence-electron chi connectivity index (χ2n) is 8.23. The molecule has 6 heteroatoms. The number of carbonyl (C=O) groups is 1. The number of amides is 1. The zero-order valence-electron chi connectivity index (χ0n) is 15.7. The number of aromatic nitrogens is 2. The number of fused-ring (bicyclic) bond motifs is 1. The highest BCUT2D eigenvalue weighted by atomic mass is 16.5. The highest BCUT2D eigenvalue weighted by molar-refractivity contribution is 5.76. The van der Waals surface area contributed by atoms with Crippen LogP contribution < -0.4 is 11.0 Å². The second-order valence-corrected chi connectivity index (χ2v) is 8.23. The molecule has 1 saturated heterocycles. The average Bonchev–Trinajstić information content (AvgIpc) is 3.22. The van der Waals surface area contributed by atoms with E-state index in [1.54, 1.807) is 4.57 Å². The molecule has 26 heavy (non-hydrogen) atoms. The summed E-state index contributed by atoms with van der Waals surface area (Å²) in [7, 11) is 0. The maximum Gasteiger partial charge on any atom is 0.347 e. The van der Waals surface area contributed by atoms with Crippen molar-refractivity contribution >= 4 is 5.91 Å². The molecule has 3 aliphatic rings. The molecule has 0 aromatic carbocycles. The number of carbonyl (C=O) groups excluding carboxylic acids is 1. The molecule has 6 nitrogen and oxygen atoms in total. The lowest BCUT2D eigenvalue weighted by molar-refractivity contribution is -0.130. The summed E-state index contributed by atoms with van der Waals surface area (Å²) in [6, 6.07) is 2.13. The predicted octanol–water partition coefficient (Wildman–Crippen LogP) is 1.96. The first-order valence-electron chi connectivity index (χ1n) is 10.0. The van der Waals surface area contributed by atoms with Crippen LogP contribution in [0.25, 0.3) is 0 Å². The Labute approximate surface area is 154 Å². The van der Waals surface area contributed by atoms with Gasteiger partial charge in [0.25, 0.3) is 0 Å². The molecule has 1 aliphatic heterocycles. The summed E-state index contributed by atoms with van der Waals surface area (Å²) in [5, 5.41) is 3.28. The molecule has 4 atom stereocenters. The van der Waals surface area contributed by atoms with E-state index in [9.17, 15) is 9.59 Å². The normalized spacial score (nSPS) is 30.8. The standard InChI is InChI=1S/C20H29N3O3/c1-12-11-13(2)23(20(25)21-12)9-7-16(24)22-18-15-8-10-26-19(15)17(18)14-5-3-4-6-14/h11,14-15,17-19H,3-10H2,1-2H3,(H,22,24)/t15-,17+,18+,19-/m0/s1. The smallest absolute Gasteiger partial charge is 0.347 e. The number of ether oxygens (including phenoxy) is 1. The van der Waals surface area contributed by atoms with Gasteiger partial charge in [0.1, 0.15) is 0 Å². The summed E-state index contributed by atoms with van der Waals surface area (Å²) in [5.41, 5.74) is 1.30. The Kier molecular flexibility index (Phi) is 4.86. The molecular weight excluding hydrogens is 330 g/mol. The Bertz CT molecular complexity index is 734. The van der Waals surface area contributed by atoms with Gasteiger partial charge >= 0.3 is 5.69 Å². The zero-order valence-corrected chi connectivity index (χ0v) is 15.7. The van der Waals surface area contributed by atoms with Crippen LogP contribution in [0.15, 0.2) is 10.9 Å². The molecule has 4 rings (SSSR count). The van der Waals surface area contributed by atoms with Crippen LogP contribution in [0.1, 0.15) is 49.9 Å². The molecule has 2 heterocycles. The van der Waals surface area contributed by atoms with E-state index in [-0.39, 0.29) is 17.6 Å². The van der Waals surface area contributed by atoms with E-state index in [0.717, 1.165) is 18.7 Å². The van der Waals surface area contributed by atoms with Gasteiger partial charge in [0.15, 0.2) is 0 Å². The lowest BCUT2D eigenvalue weighted by atomic mass is 9.61. The Morgan fingerprint density at radius 1 is 1.31 bits per heavy atom. The molecule has 1 aromatic heterocycles. The first-order chi connectivity index (χ1) is 12.5. The lowest BCUT2D eigenvalue weighted by Crippen LogP contribution is -2.63. The van der Waals surface area contributed by atoms with Gasteiger partial charge in [-0.3, -0.25) is 9.36 Å². The molecule has 0 spiro atoms. The first-order valence-corrected chi connectivity index (χ1v) is 10.0. The Morgan fingerprint density at radius 3 is 2.81 bits per heavy atom. The van der Waals surface area contributed by atoms with Crippen molar-refractivity contribution in [3.63, 3.8) is 0 Å². The number of nitrogens with one attached hydrogen (secondary N) is 1. The number of hydrogen-bond acceptors (Lipinski definition) is 4. The van der Waals surface area contributed by atoms with E-state index in [1.807, 2.05) is 19.9 Å². The average molecular weight is 359 g/mol. The summed E-state index contributed by atoms with van der Waals surface area (Å²) in [6.45, 7) is 4.91. The largest absolute Gasteiger partial charge is 0.377 e. The van der Waals surface area contributed by atoms with Crippen LogP contribution in [0, 0.1) is 31.6 Å². The third-order valence-electron chi connectivity index (χ3n) is 6.62. The summed E-state index contributed by atoms with van der Waals surface area (Å²) >= 11 is 0. The summed E-state index contributed by atoms with van der Waals surface area (Å²) in [4.78, 5) is 28.6. The molecule has 2 saturated carbocycles. The maximum atomic E-state index is 12.6. The van der Waals surface area contributed by atoms with Gasteiger partial charge in [0.2, 0.25) is 5.91 Å². The minimum absolute atomic E-state index is 0.0372. The molecule has 0 bridgehead atoms. The molecule has 3 fully saturated rings. The topological polar surface area (TPSA) is 73.2 Å². The van der Waals surface area contributed by atoms with Crippen LogP contribution in [0.4, 0.5) is 0 Å². The van der Waals surface area contributed by atoms with E-state index >= 15 is 0 Å². The van der Waals surface area contributed by atoms with Crippen LogP contribution in [-0.2, 0) is 16.1 Å². The van der Waals surface area contributed by atoms with Crippen LogP contribution in [0.3, 0.4) is 0 Å². The fourth-order valence-corrected chi connectivity index (χ4v) is 5.38. The van der Waals surface area contributed by atoms with Gasteiger partial charge in [-0.15, -0.1) is 0 Å². The molecule has 1 N–H and O–H groups in total. The van der Waals surface area contributed by atoms with E-state index in [4.69, 9.17) is 4.74 Å². The Balaban J connectivity index is 1.37. The highest BCUT2D eigenvalue weighted by Gasteiger charge is 2.56. The Morgan fingerprint density at radius 2 is 2.08 bits per heavy atom. The number of hydrogen-bond donors (Lipinski definition) is 1. The number of rotatable bonds is 5. The zero-order chi connectivity index (χ0) is 18.3. The van der Waals surface area contributed by atoms with Crippen molar-refractivity contribution in [1.82, 2.24) is 14.9 Å². The van der Waals surface area contributed by atoms with Crippen molar-refractivity contribution in [2.24, 2.45) is 17.8 Å². The predicted molar refractivity (Wildman–Crippen MR) is 97.8 cm³/mol. The highest BCUT2D eigenvalue weighted by Crippen LogP contribution is 2.51. The monoisotopic (exact) mass is 359 g/mol. The molecular formula is C20H29N3O3. The van der Waals surface area contributed by atoms with Crippen molar-refractivity contribution in [2.45, 2.75) is 71.1 Å². The van der Waals surface area contributed by atoms with E-state index in [0.29, 0.717) is 42.5 Å². The van der Waals surface area contributed by atoms with Gasteiger partial charge in [-0.25, -0.2) is 4.79 Å². The SMILES string of the molecule is Cc1cc(C)n(CCC(=O)N[C@@H]2[C@@H]3CCO[C@@H]3[C@@H]2C2CCCC2)c(=O)n1. The maximum absolute atomic E-state index is 12.6. The molecule has 1 aromatic rings. The quantitative estimate of drug-likeness (QED) is 0.872. The minimum atomic E-state index is -0.271. The van der Waals surface area contributed by atoms with E-state index in [1.165, 1.54) is 25.7 Å². The van der Waals surface area contributed by atoms with Crippen molar-refractivity contribution in [3.05, 3.63) is 27.9 Å². The van der Waals surface area contributed by atoms with Crippen molar-refractivity contribution in [3.8, 4) is 0 Å². The van der Waals surface area contributed by atoms with Crippen molar-refractivity contribution < 1.29 is 9.53 Å². The van der Waals surface area contributed by atoms with Gasteiger partial charge < -0.3 is 10.1 Å². The first kappa shape index (κ1) is 17.7. The van der Waals surface area contributed by atoms with Gasteiger partial charge in [0, 0.05) is 48.8 Å².